The van der Waals surface area contributed by atoms with Crippen LogP contribution in [-0.2, 0) is 6.54 Å². The molecule has 1 aromatic carbocycles. The van der Waals surface area contributed by atoms with E-state index in [4.69, 9.17) is 16.3 Å². The summed E-state index contributed by atoms with van der Waals surface area (Å²) in [6.07, 6.45) is 8.36. The molecule has 0 bridgehead atoms. The largest absolute Gasteiger partial charge is 0.495 e. The molecule has 1 atom stereocenters. The van der Waals surface area contributed by atoms with E-state index in [2.05, 4.69) is 18.3 Å². The number of hydrogen-bond acceptors (Lipinski definition) is 2. The smallest absolute Gasteiger partial charge is 0.137 e. The van der Waals surface area contributed by atoms with Crippen LogP contribution in [0.5, 0.6) is 5.75 Å². The summed E-state index contributed by atoms with van der Waals surface area (Å²) in [4.78, 5) is 0. The Morgan fingerprint density at radius 3 is 2.55 bits per heavy atom. The Bertz CT molecular complexity index is 413. The van der Waals surface area contributed by atoms with Crippen LogP contribution in [0.3, 0.4) is 0 Å². The van der Waals surface area contributed by atoms with E-state index >= 15 is 0 Å². The molecule has 0 unspecified atom stereocenters. The molecule has 1 N–H and O–H groups in total. The van der Waals surface area contributed by atoms with Crippen molar-refractivity contribution in [3.63, 3.8) is 0 Å². The summed E-state index contributed by atoms with van der Waals surface area (Å²) in [5.74, 6) is 1.57. The van der Waals surface area contributed by atoms with Crippen molar-refractivity contribution < 1.29 is 4.74 Å². The van der Waals surface area contributed by atoms with Crippen molar-refractivity contribution in [1.82, 2.24) is 5.32 Å². The molecular weight excluding hydrogens is 270 g/mol. The van der Waals surface area contributed by atoms with Gasteiger partial charge < -0.3 is 10.1 Å². The van der Waals surface area contributed by atoms with Gasteiger partial charge >= 0.3 is 0 Å². The van der Waals surface area contributed by atoms with Crippen LogP contribution in [0.15, 0.2) is 18.2 Å². The fraction of sp³-hybridized carbons (Fsp3) is 0.647. The summed E-state index contributed by atoms with van der Waals surface area (Å²) in [6, 6.07) is 6.59. The van der Waals surface area contributed by atoms with Crippen molar-refractivity contribution in [2.75, 3.05) is 7.11 Å². The molecule has 0 aromatic heterocycles. The number of benzene rings is 1. The minimum atomic E-state index is 0.578. The van der Waals surface area contributed by atoms with Gasteiger partial charge in [-0.2, -0.15) is 0 Å². The van der Waals surface area contributed by atoms with E-state index in [1.807, 2.05) is 12.1 Å². The fourth-order valence-corrected chi connectivity index (χ4v) is 3.36. The molecule has 0 saturated heterocycles. The highest BCUT2D eigenvalue weighted by atomic mass is 35.5. The van der Waals surface area contributed by atoms with Gasteiger partial charge in [-0.25, -0.2) is 0 Å². The third-order valence-electron chi connectivity index (χ3n) is 4.45. The Hall–Kier alpha value is -0.730. The molecule has 0 spiro atoms. The van der Waals surface area contributed by atoms with Gasteiger partial charge in [0.25, 0.3) is 0 Å². The summed E-state index contributed by atoms with van der Waals surface area (Å²) < 4.78 is 5.18. The standard InChI is InChI=1S/C17H26ClNO/c1-13(15-7-5-3-4-6-8-15)19-12-14-9-10-17(20-2)16(18)11-14/h9-11,13,15,19H,3-8,12H2,1-2H3/t13-/m1/s1. The van der Waals surface area contributed by atoms with Crippen molar-refractivity contribution in [1.29, 1.82) is 0 Å². The highest BCUT2D eigenvalue weighted by molar-refractivity contribution is 6.32. The van der Waals surface area contributed by atoms with Gasteiger partial charge in [0.2, 0.25) is 0 Å². The van der Waals surface area contributed by atoms with Crippen molar-refractivity contribution in [2.45, 2.75) is 58.0 Å². The lowest BCUT2D eigenvalue weighted by Crippen LogP contribution is -2.32. The van der Waals surface area contributed by atoms with Crippen molar-refractivity contribution in [3.8, 4) is 5.75 Å². The predicted octanol–water partition coefficient (Wildman–Crippen LogP) is 4.80. The molecule has 20 heavy (non-hydrogen) atoms. The number of ether oxygens (including phenoxy) is 1. The van der Waals surface area contributed by atoms with Gasteiger partial charge in [-0.05, 0) is 43.4 Å². The highest BCUT2D eigenvalue weighted by Crippen LogP contribution is 2.27. The van der Waals surface area contributed by atoms with E-state index < -0.39 is 0 Å². The van der Waals surface area contributed by atoms with Crippen LogP contribution < -0.4 is 10.1 Å². The Balaban J connectivity index is 1.85. The lowest BCUT2D eigenvalue weighted by Gasteiger charge is -2.23. The van der Waals surface area contributed by atoms with E-state index in [0.717, 1.165) is 18.2 Å². The molecule has 0 radical (unpaired) electrons. The summed E-state index contributed by atoms with van der Waals surface area (Å²) in [7, 11) is 1.65. The molecule has 0 amide bonds. The second-order valence-electron chi connectivity index (χ2n) is 5.89. The van der Waals surface area contributed by atoms with Gasteiger partial charge in [-0.3, -0.25) is 0 Å². The molecule has 1 aliphatic carbocycles. The third kappa shape index (κ3) is 4.39. The SMILES string of the molecule is COc1ccc(CN[C@H](C)C2CCCCCC2)cc1Cl. The first-order valence-electron chi connectivity index (χ1n) is 7.76. The molecule has 1 saturated carbocycles. The molecule has 1 aromatic rings. The van der Waals surface area contributed by atoms with Gasteiger partial charge in [0, 0.05) is 12.6 Å². The van der Waals surface area contributed by atoms with Crippen molar-refractivity contribution >= 4 is 11.6 Å². The Morgan fingerprint density at radius 2 is 1.95 bits per heavy atom. The van der Waals surface area contributed by atoms with Gasteiger partial charge in [-0.15, -0.1) is 0 Å². The number of rotatable bonds is 5. The number of hydrogen-bond donors (Lipinski definition) is 1. The minimum absolute atomic E-state index is 0.578. The molecule has 0 aliphatic heterocycles. The van der Waals surface area contributed by atoms with Crippen molar-refractivity contribution in [3.05, 3.63) is 28.8 Å². The predicted molar refractivity (Wildman–Crippen MR) is 85.5 cm³/mol. The second kappa shape index (κ2) is 7.90. The van der Waals surface area contributed by atoms with E-state index in [9.17, 15) is 0 Å². The van der Waals surface area contributed by atoms with E-state index in [1.165, 1.54) is 44.1 Å². The second-order valence-corrected chi connectivity index (χ2v) is 6.30. The minimum Gasteiger partial charge on any atom is -0.495 e. The zero-order valence-corrected chi connectivity index (χ0v) is 13.4. The lowest BCUT2D eigenvalue weighted by molar-refractivity contribution is 0.336. The van der Waals surface area contributed by atoms with Crippen LogP contribution in [0.1, 0.15) is 51.0 Å². The quantitative estimate of drug-likeness (QED) is 0.788. The average molecular weight is 296 g/mol. The maximum Gasteiger partial charge on any atom is 0.137 e. The highest BCUT2D eigenvalue weighted by Gasteiger charge is 2.18. The first-order chi connectivity index (χ1) is 9.70. The van der Waals surface area contributed by atoms with E-state index in [1.54, 1.807) is 7.11 Å². The molecule has 2 nitrogen and oxygen atoms in total. The molecule has 2 rings (SSSR count). The molecule has 112 valence electrons. The summed E-state index contributed by atoms with van der Waals surface area (Å²) in [6.45, 7) is 3.20. The Morgan fingerprint density at radius 1 is 1.25 bits per heavy atom. The maximum absolute atomic E-state index is 6.16. The van der Waals surface area contributed by atoms with Gasteiger partial charge in [0.05, 0.1) is 12.1 Å². The molecule has 0 heterocycles. The topological polar surface area (TPSA) is 21.3 Å². The van der Waals surface area contributed by atoms with Crippen LogP contribution in [0.25, 0.3) is 0 Å². The van der Waals surface area contributed by atoms with E-state index in [0.29, 0.717) is 11.1 Å². The first-order valence-corrected chi connectivity index (χ1v) is 8.14. The summed E-state index contributed by atoms with van der Waals surface area (Å²) in [5.41, 5.74) is 1.22. The van der Waals surface area contributed by atoms with Crippen LogP contribution in [-0.4, -0.2) is 13.2 Å². The number of halogens is 1. The average Bonchev–Trinajstić information content (AvgIpc) is 2.74. The lowest BCUT2D eigenvalue weighted by atomic mass is 9.93. The summed E-state index contributed by atoms with van der Waals surface area (Å²) >= 11 is 6.16. The van der Waals surface area contributed by atoms with E-state index in [-0.39, 0.29) is 0 Å². The van der Waals surface area contributed by atoms with Crippen LogP contribution in [0, 0.1) is 5.92 Å². The van der Waals surface area contributed by atoms with Gasteiger partial charge in [-0.1, -0.05) is 43.4 Å². The monoisotopic (exact) mass is 295 g/mol. The molecule has 3 heteroatoms. The van der Waals surface area contributed by atoms with Crippen LogP contribution in [0.4, 0.5) is 0 Å². The van der Waals surface area contributed by atoms with Crippen LogP contribution in [0.2, 0.25) is 5.02 Å². The first kappa shape index (κ1) is 15.7. The molecule has 1 fully saturated rings. The Labute approximate surface area is 127 Å². The summed E-state index contributed by atoms with van der Waals surface area (Å²) in [5, 5.41) is 4.35. The van der Waals surface area contributed by atoms with Gasteiger partial charge in [0.15, 0.2) is 0 Å². The maximum atomic E-state index is 6.16. The van der Waals surface area contributed by atoms with Crippen molar-refractivity contribution in [2.24, 2.45) is 5.92 Å². The zero-order valence-electron chi connectivity index (χ0n) is 12.6. The number of methoxy groups -OCH3 is 1. The zero-order chi connectivity index (χ0) is 14.4. The molecule has 1 aliphatic rings. The fourth-order valence-electron chi connectivity index (χ4n) is 3.08. The third-order valence-corrected chi connectivity index (χ3v) is 4.75. The molecular formula is C17H26ClNO. The Kier molecular flexibility index (Phi) is 6.18. The number of nitrogens with one attached hydrogen (secondary N) is 1. The van der Waals surface area contributed by atoms with Crippen LogP contribution >= 0.6 is 11.6 Å². The van der Waals surface area contributed by atoms with Gasteiger partial charge in [0.1, 0.15) is 5.75 Å². The normalized spacial score (nSPS) is 18.6.